The molecular formula is C19H17N3O4S. The van der Waals surface area contributed by atoms with Crippen LogP contribution < -0.4 is 9.54 Å². The number of aromatic nitrogens is 1. The zero-order valence-electron chi connectivity index (χ0n) is 14.8. The maximum atomic E-state index is 12.2. The maximum absolute atomic E-state index is 12.2. The van der Waals surface area contributed by atoms with Crippen molar-refractivity contribution in [1.82, 2.24) is 4.57 Å². The summed E-state index contributed by atoms with van der Waals surface area (Å²) in [5.41, 5.74) is 1.66. The predicted molar refractivity (Wildman–Crippen MR) is 105 cm³/mol. The highest BCUT2D eigenvalue weighted by Gasteiger charge is 2.06. The Kier molecular flexibility index (Phi) is 5.46. The molecule has 138 valence electrons. The molecule has 2 aromatic carbocycles. The highest BCUT2D eigenvalue weighted by atomic mass is 32.1. The number of hydrogen-bond acceptors (Lipinski definition) is 5. The van der Waals surface area contributed by atoms with Crippen LogP contribution in [0.3, 0.4) is 0 Å². The van der Waals surface area contributed by atoms with E-state index in [0.29, 0.717) is 17.0 Å². The van der Waals surface area contributed by atoms with E-state index in [0.717, 1.165) is 16.0 Å². The van der Waals surface area contributed by atoms with Crippen LogP contribution in [-0.4, -0.2) is 22.0 Å². The molecule has 0 aliphatic carbocycles. The third kappa shape index (κ3) is 4.29. The second-order valence-electron chi connectivity index (χ2n) is 5.64. The van der Waals surface area contributed by atoms with Crippen molar-refractivity contribution in [2.45, 2.75) is 6.92 Å². The SMILES string of the molecule is CCOc1ccc2c(c1)sc(=NC(=O)C=Cc1ccc([N+](=O)[O-])cc1)n2C. The van der Waals surface area contributed by atoms with E-state index in [-0.39, 0.29) is 5.69 Å². The van der Waals surface area contributed by atoms with Crippen LogP contribution in [0.15, 0.2) is 53.5 Å². The van der Waals surface area contributed by atoms with Crippen molar-refractivity contribution in [3.63, 3.8) is 0 Å². The molecule has 0 fully saturated rings. The summed E-state index contributed by atoms with van der Waals surface area (Å²) in [7, 11) is 1.85. The van der Waals surface area contributed by atoms with Gasteiger partial charge in [0.2, 0.25) is 0 Å². The highest BCUT2D eigenvalue weighted by molar-refractivity contribution is 7.16. The van der Waals surface area contributed by atoms with Crippen LogP contribution >= 0.6 is 11.3 Å². The molecule has 0 aliphatic rings. The van der Waals surface area contributed by atoms with Crippen molar-refractivity contribution in [1.29, 1.82) is 0 Å². The van der Waals surface area contributed by atoms with Crippen LogP contribution in [0.2, 0.25) is 0 Å². The van der Waals surface area contributed by atoms with Gasteiger partial charge in [0.25, 0.3) is 11.6 Å². The lowest BCUT2D eigenvalue weighted by Crippen LogP contribution is -2.12. The van der Waals surface area contributed by atoms with Gasteiger partial charge in [-0.25, -0.2) is 0 Å². The van der Waals surface area contributed by atoms with Crippen LogP contribution in [0.1, 0.15) is 12.5 Å². The van der Waals surface area contributed by atoms with Crippen LogP contribution in [0, 0.1) is 10.1 Å². The van der Waals surface area contributed by atoms with Gasteiger partial charge in [-0.15, -0.1) is 0 Å². The Morgan fingerprint density at radius 1 is 1.30 bits per heavy atom. The highest BCUT2D eigenvalue weighted by Crippen LogP contribution is 2.22. The molecule has 0 aliphatic heterocycles. The van der Waals surface area contributed by atoms with E-state index in [1.165, 1.54) is 29.5 Å². The summed E-state index contributed by atoms with van der Waals surface area (Å²) < 4.78 is 8.34. The molecule has 0 bridgehead atoms. The average molecular weight is 383 g/mol. The van der Waals surface area contributed by atoms with Crippen molar-refractivity contribution in [2.24, 2.45) is 12.0 Å². The topological polar surface area (TPSA) is 86.7 Å². The number of nitro benzene ring substituents is 1. The van der Waals surface area contributed by atoms with Crippen molar-refractivity contribution in [2.75, 3.05) is 6.61 Å². The zero-order valence-corrected chi connectivity index (χ0v) is 15.6. The fourth-order valence-corrected chi connectivity index (χ4v) is 3.54. The fourth-order valence-electron chi connectivity index (χ4n) is 2.48. The van der Waals surface area contributed by atoms with Crippen LogP contribution in [0.5, 0.6) is 5.75 Å². The molecule has 7 nitrogen and oxygen atoms in total. The van der Waals surface area contributed by atoms with Gasteiger partial charge in [0.1, 0.15) is 5.75 Å². The Hall–Kier alpha value is -3.26. The second-order valence-corrected chi connectivity index (χ2v) is 6.65. The quantitative estimate of drug-likeness (QED) is 0.382. The molecule has 3 aromatic rings. The lowest BCUT2D eigenvalue weighted by molar-refractivity contribution is -0.384. The lowest BCUT2D eigenvalue weighted by atomic mass is 10.2. The summed E-state index contributed by atoms with van der Waals surface area (Å²) in [6.45, 7) is 2.52. The van der Waals surface area contributed by atoms with Gasteiger partial charge in [-0.2, -0.15) is 4.99 Å². The number of fused-ring (bicyclic) bond motifs is 1. The molecule has 0 spiro atoms. The van der Waals surface area contributed by atoms with Crippen molar-refractivity contribution >= 4 is 39.2 Å². The normalized spacial score (nSPS) is 12.0. The van der Waals surface area contributed by atoms with E-state index >= 15 is 0 Å². The number of aryl methyl sites for hydroxylation is 1. The number of carbonyl (C=O) groups excluding carboxylic acids is 1. The van der Waals surface area contributed by atoms with E-state index in [4.69, 9.17) is 4.74 Å². The number of non-ortho nitro benzene ring substituents is 1. The van der Waals surface area contributed by atoms with Crippen LogP contribution in [-0.2, 0) is 11.8 Å². The molecule has 1 amide bonds. The molecule has 0 radical (unpaired) electrons. The first-order valence-electron chi connectivity index (χ1n) is 8.21. The molecule has 0 atom stereocenters. The summed E-state index contributed by atoms with van der Waals surface area (Å²) in [6, 6.07) is 11.7. The van der Waals surface area contributed by atoms with Gasteiger partial charge < -0.3 is 9.30 Å². The third-order valence-corrected chi connectivity index (χ3v) is 4.91. The summed E-state index contributed by atoms with van der Waals surface area (Å²) in [4.78, 5) is 27.1. The van der Waals surface area contributed by atoms with Gasteiger partial charge in [-0.3, -0.25) is 14.9 Å². The monoisotopic (exact) mass is 383 g/mol. The minimum Gasteiger partial charge on any atom is -0.494 e. The fraction of sp³-hybridized carbons (Fsp3) is 0.158. The Labute approximate surface area is 159 Å². The minimum atomic E-state index is -0.466. The molecule has 0 unspecified atom stereocenters. The van der Waals surface area contributed by atoms with Gasteiger partial charge in [0.15, 0.2) is 4.80 Å². The van der Waals surface area contributed by atoms with Crippen molar-refractivity contribution in [3.05, 3.63) is 69.0 Å². The molecule has 0 saturated carbocycles. The summed E-state index contributed by atoms with van der Waals surface area (Å²) in [5, 5.41) is 10.7. The number of carbonyl (C=O) groups is 1. The van der Waals surface area contributed by atoms with E-state index in [1.807, 2.05) is 36.7 Å². The number of rotatable bonds is 5. The standard InChI is InChI=1S/C19H17N3O4S/c1-3-26-15-9-10-16-17(12-15)27-19(21(16)2)20-18(23)11-6-13-4-7-14(8-5-13)22(24)25/h4-12H,3H2,1-2H3. The number of thiazole rings is 1. The molecule has 1 aromatic heterocycles. The summed E-state index contributed by atoms with van der Waals surface area (Å²) in [5.74, 6) is 0.378. The number of hydrogen-bond donors (Lipinski definition) is 0. The largest absolute Gasteiger partial charge is 0.494 e. The van der Waals surface area contributed by atoms with E-state index in [2.05, 4.69) is 4.99 Å². The van der Waals surface area contributed by atoms with E-state index < -0.39 is 10.8 Å². The Morgan fingerprint density at radius 3 is 2.70 bits per heavy atom. The van der Waals surface area contributed by atoms with Crippen LogP contribution in [0.25, 0.3) is 16.3 Å². The van der Waals surface area contributed by atoms with Gasteiger partial charge >= 0.3 is 0 Å². The number of ether oxygens (including phenoxy) is 1. The maximum Gasteiger partial charge on any atom is 0.272 e. The first-order valence-corrected chi connectivity index (χ1v) is 9.03. The number of amides is 1. The zero-order chi connectivity index (χ0) is 19.4. The molecular weight excluding hydrogens is 366 g/mol. The number of nitrogens with zero attached hydrogens (tertiary/aromatic N) is 3. The predicted octanol–water partition coefficient (Wildman–Crippen LogP) is 3.69. The van der Waals surface area contributed by atoms with Gasteiger partial charge in [0, 0.05) is 25.3 Å². The molecule has 27 heavy (non-hydrogen) atoms. The molecule has 3 rings (SSSR count). The van der Waals surface area contributed by atoms with Gasteiger partial charge in [-0.1, -0.05) is 11.3 Å². The van der Waals surface area contributed by atoms with E-state index in [1.54, 1.807) is 18.2 Å². The third-order valence-electron chi connectivity index (χ3n) is 3.82. The van der Waals surface area contributed by atoms with Gasteiger partial charge in [0.05, 0.1) is 21.7 Å². The van der Waals surface area contributed by atoms with Gasteiger partial charge in [-0.05, 0) is 48.9 Å². The summed E-state index contributed by atoms with van der Waals surface area (Å²) >= 11 is 1.41. The Morgan fingerprint density at radius 2 is 2.04 bits per heavy atom. The minimum absolute atomic E-state index is 0.00638. The number of nitro groups is 1. The Balaban J connectivity index is 1.83. The average Bonchev–Trinajstić information content (AvgIpc) is 2.95. The van der Waals surface area contributed by atoms with E-state index in [9.17, 15) is 14.9 Å². The van der Waals surface area contributed by atoms with Crippen molar-refractivity contribution < 1.29 is 14.5 Å². The first-order chi connectivity index (χ1) is 13.0. The first kappa shape index (κ1) is 18.5. The second kappa shape index (κ2) is 7.96. The molecule has 0 N–H and O–H groups in total. The Bertz CT molecular complexity index is 1090. The molecule has 1 heterocycles. The lowest BCUT2D eigenvalue weighted by Gasteiger charge is -2.02. The molecule has 8 heteroatoms. The summed E-state index contributed by atoms with van der Waals surface area (Å²) in [6.07, 6.45) is 2.92. The molecule has 0 saturated heterocycles. The van der Waals surface area contributed by atoms with Crippen LogP contribution in [0.4, 0.5) is 5.69 Å². The number of benzene rings is 2. The smallest absolute Gasteiger partial charge is 0.272 e. The van der Waals surface area contributed by atoms with Crippen molar-refractivity contribution in [3.8, 4) is 5.75 Å².